The molecule has 2 rings (SSSR count). The van der Waals surface area contributed by atoms with Crippen molar-refractivity contribution in [1.82, 2.24) is 4.90 Å². The molecule has 0 bridgehead atoms. The molecule has 21 heavy (non-hydrogen) atoms. The highest BCUT2D eigenvalue weighted by atomic mass is 16.2. The number of nitrogens with two attached hydrogens (primary N) is 1. The van der Waals surface area contributed by atoms with Gasteiger partial charge >= 0.3 is 0 Å². The molecule has 1 amide bonds. The molecule has 4 nitrogen and oxygen atoms in total. The number of hydrogen-bond acceptors (Lipinski definition) is 3. The normalized spacial score (nSPS) is 17.5. The van der Waals surface area contributed by atoms with Crippen molar-refractivity contribution in [3.63, 3.8) is 0 Å². The maximum absolute atomic E-state index is 12.7. The van der Waals surface area contributed by atoms with Crippen molar-refractivity contribution in [3.8, 4) is 0 Å². The number of ketones is 1. The number of nitrogens with zero attached hydrogens (tertiary/aromatic N) is 1. The average molecular weight is 288 g/mol. The second-order valence-corrected chi connectivity index (χ2v) is 5.71. The molecule has 0 saturated carbocycles. The predicted octanol–water partition coefficient (Wildman–Crippen LogP) is 1.87. The average Bonchev–Trinajstić information content (AvgIpc) is 2.55. The van der Waals surface area contributed by atoms with Gasteiger partial charge in [0.2, 0.25) is 5.91 Å². The summed E-state index contributed by atoms with van der Waals surface area (Å²) in [5.41, 5.74) is 6.09. The fourth-order valence-corrected chi connectivity index (χ4v) is 3.22. The lowest BCUT2D eigenvalue weighted by Gasteiger charge is -2.41. The molecule has 2 N–H and O–H groups in total. The van der Waals surface area contributed by atoms with E-state index in [9.17, 15) is 9.59 Å². The van der Waals surface area contributed by atoms with E-state index in [4.69, 9.17) is 5.73 Å². The molecule has 1 saturated heterocycles. The van der Waals surface area contributed by atoms with Crippen LogP contribution in [0.1, 0.15) is 38.2 Å². The van der Waals surface area contributed by atoms with Gasteiger partial charge in [0.25, 0.3) is 0 Å². The number of carbonyl (C=O) groups excluding carboxylic acids is 2. The van der Waals surface area contributed by atoms with E-state index in [0.717, 1.165) is 12.0 Å². The Labute approximate surface area is 126 Å². The Morgan fingerprint density at radius 3 is 2.33 bits per heavy atom. The lowest BCUT2D eigenvalue weighted by molar-refractivity contribution is -0.135. The highest BCUT2D eigenvalue weighted by molar-refractivity contribution is 5.90. The highest BCUT2D eigenvalue weighted by Crippen LogP contribution is 2.37. The third-order valence-electron chi connectivity index (χ3n) is 4.48. The zero-order valence-electron chi connectivity index (χ0n) is 12.7. The van der Waals surface area contributed by atoms with E-state index < -0.39 is 5.41 Å². The molecule has 1 aromatic rings. The van der Waals surface area contributed by atoms with Gasteiger partial charge in [-0.15, -0.1) is 0 Å². The molecule has 1 heterocycles. The molecule has 0 unspecified atom stereocenters. The van der Waals surface area contributed by atoms with Crippen molar-refractivity contribution in [3.05, 3.63) is 35.9 Å². The Balaban J connectivity index is 2.24. The van der Waals surface area contributed by atoms with Gasteiger partial charge in [-0.25, -0.2) is 0 Å². The van der Waals surface area contributed by atoms with Crippen molar-refractivity contribution in [2.45, 2.75) is 38.0 Å². The number of benzene rings is 1. The molecule has 1 aliphatic rings. The number of hydrogen-bond donors (Lipinski definition) is 1. The van der Waals surface area contributed by atoms with Crippen LogP contribution in [-0.2, 0) is 15.0 Å². The van der Waals surface area contributed by atoms with Crippen LogP contribution in [0.15, 0.2) is 30.3 Å². The first-order valence-electron chi connectivity index (χ1n) is 7.70. The Bertz CT molecular complexity index is 491. The summed E-state index contributed by atoms with van der Waals surface area (Å²) < 4.78 is 0. The highest BCUT2D eigenvalue weighted by Gasteiger charge is 2.42. The summed E-state index contributed by atoms with van der Waals surface area (Å²) >= 11 is 0. The molecule has 0 atom stereocenters. The quantitative estimate of drug-likeness (QED) is 0.899. The summed E-state index contributed by atoms with van der Waals surface area (Å²) in [5.74, 6) is 0.274. The van der Waals surface area contributed by atoms with Crippen LogP contribution in [0, 0.1) is 0 Å². The minimum atomic E-state index is -0.428. The van der Waals surface area contributed by atoms with Gasteiger partial charge in [-0.3, -0.25) is 9.59 Å². The summed E-state index contributed by atoms with van der Waals surface area (Å²) in [7, 11) is 0. The standard InChI is InChI=1S/C17H24N2O2/c1-2-6-15(20)17(14-7-4-3-5-8-14)9-11-19(12-10-17)16(21)13-18/h3-5,7-8H,2,6,9-13,18H2,1H3. The second kappa shape index (κ2) is 6.85. The zero-order valence-corrected chi connectivity index (χ0v) is 12.7. The Morgan fingerprint density at radius 2 is 1.81 bits per heavy atom. The minimum Gasteiger partial charge on any atom is -0.342 e. The van der Waals surface area contributed by atoms with Gasteiger partial charge in [0.05, 0.1) is 12.0 Å². The summed E-state index contributed by atoms with van der Waals surface area (Å²) in [5, 5.41) is 0. The third kappa shape index (κ3) is 3.16. The van der Waals surface area contributed by atoms with Crippen molar-refractivity contribution >= 4 is 11.7 Å². The van der Waals surface area contributed by atoms with E-state index in [1.54, 1.807) is 4.90 Å². The van der Waals surface area contributed by atoms with E-state index in [-0.39, 0.29) is 12.5 Å². The molecule has 1 aromatic carbocycles. The fraction of sp³-hybridized carbons (Fsp3) is 0.529. The molecule has 4 heteroatoms. The summed E-state index contributed by atoms with van der Waals surface area (Å²) in [6.07, 6.45) is 2.85. The lowest BCUT2D eigenvalue weighted by Crippen LogP contribution is -2.50. The van der Waals surface area contributed by atoms with Gasteiger partial charge in [0.15, 0.2) is 0 Å². The zero-order chi connectivity index (χ0) is 15.3. The van der Waals surface area contributed by atoms with Crippen molar-refractivity contribution < 1.29 is 9.59 Å². The maximum atomic E-state index is 12.7. The minimum absolute atomic E-state index is 0.0281. The summed E-state index contributed by atoms with van der Waals surface area (Å²) in [6.45, 7) is 3.30. The summed E-state index contributed by atoms with van der Waals surface area (Å²) in [4.78, 5) is 26.2. The molecular formula is C17H24N2O2. The number of amides is 1. The topological polar surface area (TPSA) is 63.4 Å². The number of carbonyl (C=O) groups is 2. The Hall–Kier alpha value is -1.68. The number of piperidine rings is 1. The van der Waals surface area contributed by atoms with Crippen LogP contribution in [0.25, 0.3) is 0 Å². The first kappa shape index (κ1) is 15.7. The monoisotopic (exact) mass is 288 g/mol. The molecule has 0 aliphatic carbocycles. The Kier molecular flexibility index (Phi) is 5.12. The van der Waals surface area contributed by atoms with E-state index in [1.165, 1.54) is 0 Å². The largest absolute Gasteiger partial charge is 0.342 e. The first-order chi connectivity index (χ1) is 10.1. The number of rotatable bonds is 5. The van der Waals surface area contributed by atoms with Gasteiger partial charge < -0.3 is 10.6 Å². The molecule has 1 aliphatic heterocycles. The molecule has 0 radical (unpaired) electrons. The predicted molar refractivity (Wildman–Crippen MR) is 82.9 cm³/mol. The van der Waals surface area contributed by atoms with Gasteiger partial charge in [-0.05, 0) is 24.8 Å². The van der Waals surface area contributed by atoms with Crippen LogP contribution < -0.4 is 5.73 Å². The smallest absolute Gasteiger partial charge is 0.236 e. The fourth-order valence-electron chi connectivity index (χ4n) is 3.22. The van der Waals surface area contributed by atoms with Crippen molar-refractivity contribution in [1.29, 1.82) is 0 Å². The van der Waals surface area contributed by atoms with Crippen LogP contribution in [0.4, 0.5) is 0 Å². The van der Waals surface area contributed by atoms with Crippen LogP contribution >= 0.6 is 0 Å². The third-order valence-corrected chi connectivity index (χ3v) is 4.48. The van der Waals surface area contributed by atoms with Crippen molar-refractivity contribution in [2.75, 3.05) is 19.6 Å². The van der Waals surface area contributed by atoms with Crippen LogP contribution in [0.5, 0.6) is 0 Å². The molecule has 0 aromatic heterocycles. The van der Waals surface area contributed by atoms with E-state index in [1.807, 2.05) is 37.3 Å². The molecule has 0 spiro atoms. The van der Waals surface area contributed by atoms with E-state index in [0.29, 0.717) is 38.1 Å². The number of likely N-dealkylation sites (tertiary alicyclic amines) is 1. The van der Waals surface area contributed by atoms with Gasteiger partial charge in [0.1, 0.15) is 5.78 Å². The molecular weight excluding hydrogens is 264 g/mol. The van der Waals surface area contributed by atoms with E-state index in [2.05, 4.69) is 0 Å². The van der Waals surface area contributed by atoms with Gasteiger partial charge in [0, 0.05) is 19.5 Å². The lowest BCUT2D eigenvalue weighted by atomic mass is 9.68. The van der Waals surface area contributed by atoms with Crippen LogP contribution in [-0.4, -0.2) is 36.2 Å². The second-order valence-electron chi connectivity index (χ2n) is 5.71. The Morgan fingerprint density at radius 1 is 1.19 bits per heavy atom. The number of Topliss-reactive ketones (excluding diaryl/α,β-unsaturated/α-hetero) is 1. The molecule has 1 fully saturated rings. The molecule has 114 valence electrons. The van der Waals surface area contributed by atoms with Gasteiger partial charge in [-0.1, -0.05) is 37.3 Å². The van der Waals surface area contributed by atoms with Gasteiger partial charge in [-0.2, -0.15) is 0 Å². The van der Waals surface area contributed by atoms with Crippen LogP contribution in [0.2, 0.25) is 0 Å². The van der Waals surface area contributed by atoms with Crippen LogP contribution in [0.3, 0.4) is 0 Å². The maximum Gasteiger partial charge on any atom is 0.236 e. The first-order valence-corrected chi connectivity index (χ1v) is 7.70. The summed E-state index contributed by atoms with van der Waals surface area (Å²) in [6, 6.07) is 10.00. The SMILES string of the molecule is CCCC(=O)C1(c2ccccc2)CCN(C(=O)CN)CC1. The van der Waals surface area contributed by atoms with Crippen molar-refractivity contribution in [2.24, 2.45) is 5.73 Å². The van der Waals surface area contributed by atoms with E-state index >= 15 is 0 Å².